The van der Waals surface area contributed by atoms with Crippen molar-refractivity contribution >= 4 is 49.7 Å². The van der Waals surface area contributed by atoms with E-state index >= 15 is 0 Å². The molecule has 0 fully saturated rings. The molecule has 0 unspecified atom stereocenters. The van der Waals surface area contributed by atoms with Gasteiger partial charge in [-0.1, -0.05) is 0 Å². The van der Waals surface area contributed by atoms with E-state index in [9.17, 15) is 9.59 Å². The molecule has 0 saturated carbocycles. The Bertz CT molecular complexity index is 102. The first-order chi connectivity index (χ1) is 3.13. The van der Waals surface area contributed by atoms with Crippen molar-refractivity contribution in [3.63, 3.8) is 0 Å². The number of ether oxygens (including phenoxy) is 1. The van der Waals surface area contributed by atoms with E-state index in [0.29, 0.717) is 0 Å². The summed E-state index contributed by atoms with van der Waals surface area (Å²) in [6.07, 6.45) is 0. The molecule has 0 amide bonds. The van der Waals surface area contributed by atoms with Crippen LogP contribution in [-0.2, 0) is 14.3 Å². The van der Waals surface area contributed by atoms with Crippen LogP contribution in [0.2, 0.25) is 0 Å². The molecule has 0 spiro atoms. The van der Waals surface area contributed by atoms with E-state index in [1.54, 1.807) is 0 Å². The number of rotatable bonds is 0. The Morgan fingerprint density at radius 1 is 1.22 bits per heavy atom. The maximum absolute atomic E-state index is 9.81. The Balaban J connectivity index is -0.0000000180. The molecule has 0 heterocycles. The molecule has 9 heavy (non-hydrogen) atoms. The van der Waals surface area contributed by atoms with Crippen LogP contribution in [0.3, 0.4) is 0 Å². The zero-order chi connectivity index (χ0) is 5.86. The molecule has 0 aliphatic carbocycles. The molecule has 0 bridgehead atoms. The van der Waals surface area contributed by atoms with Crippen LogP contribution in [0.25, 0.3) is 0 Å². The Hall–Kier alpha value is 1.40. The van der Waals surface area contributed by atoms with Gasteiger partial charge in [-0.05, 0) is 0 Å². The number of esters is 2. The Kier molecular flexibility index (Phi) is 17.5. The predicted molar refractivity (Wildman–Crippen MR) is 31.5 cm³/mol. The van der Waals surface area contributed by atoms with E-state index in [-0.39, 0.29) is 71.6 Å². The Morgan fingerprint density at radius 2 is 1.44 bits per heavy atom. The Morgan fingerprint density at radius 3 is 1.44 bits per heavy atom. The van der Waals surface area contributed by atoms with Crippen LogP contribution in [-0.4, -0.2) is 49.7 Å². The summed E-state index contributed by atoms with van der Waals surface area (Å²) in [5.74, 6) is -1.12. The molecule has 0 aliphatic heterocycles. The largest absolute Gasteiger partial charge is 2.00 e. The second kappa shape index (κ2) is 9.40. The summed E-state index contributed by atoms with van der Waals surface area (Å²) in [6, 6.07) is 0. The van der Waals surface area contributed by atoms with Crippen molar-refractivity contribution in [3.05, 3.63) is 0 Å². The molecule has 46 valence electrons. The van der Waals surface area contributed by atoms with E-state index in [4.69, 9.17) is 0 Å². The summed E-state index contributed by atoms with van der Waals surface area (Å²) in [7, 11) is 0. The molecule has 0 saturated heterocycles. The molecular weight excluding hydrogens is 159 g/mol. The molecule has 0 rings (SSSR count). The minimum Gasteiger partial charge on any atom is -1.00 e. The fraction of sp³-hybridized carbons (Fsp3) is 0.500. The normalized spacial score (nSPS) is 6.00. The third-order valence-electron chi connectivity index (χ3n) is 0.287. The average molecular weight is 168 g/mol. The first kappa shape index (κ1) is 16.8. The van der Waals surface area contributed by atoms with Gasteiger partial charge in [-0.2, -0.15) is 0 Å². The molecule has 0 radical (unpaired) electrons. The van der Waals surface area contributed by atoms with Crippen LogP contribution >= 0.6 is 0 Å². The van der Waals surface area contributed by atoms with Gasteiger partial charge in [-0.3, -0.25) is 9.59 Å². The molecule has 0 atom stereocenters. The van der Waals surface area contributed by atoms with E-state index in [0.717, 1.165) is 0 Å². The van der Waals surface area contributed by atoms with Gasteiger partial charge in [0.15, 0.2) is 0 Å². The molecule has 3 nitrogen and oxygen atoms in total. The summed E-state index contributed by atoms with van der Waals surface area (Å²) in [5, 5.41) is 0. The summed E-state index contributed by atoms with van der Waals surface area (Å²) >= 11 is 0. The molecule has 0 aromatic rings. The number of hydrogen-bond acceptors (Lipinski definition) is 3. The molecule has 0 aromatic carbocycles. The van der Waals surface area contributed by atoms with Crippen LogP contribution < -0.4 is 29.6 Å². The number of carbonyl (C=O) groups excluding carboxylic acids is 2. The molecule has 0 aliphatic rings. The van der Waals surface area contributed by atoms with E-state index in [1.807, 2.05) is 0 Å². The van der Waals surface area contributed by atoms with E-state index in [1.165, 1.54) is 13.8 Å². The minimum absolute atomic E-state index is 0. The maximum Gasteiger partial charge on any atom is 2.00 e. The molecule has 5 heteroatoms. The van der Waals surface area contributed by atoms with Crippen molar-refractivity contribution in [1.29, 1.82) is 0 Å². The monoisotopic (exact) mass is 168 g/mol. The van der Waals surface area contributed by atoms with Crippen molar-refractivity contribution in [1.82, 2.24) is 0 Å². The maximum atomic E-state index is 9.81. The van der Waals surface area contributed by atoms with Gasteiger partial charge in [0, 0.05) is 13.8 Å². The van der Waals surface area contributed by atoms with E-state index in [2.05, 4.69) is 4.74 Å². The van der Waals surface area contributed by atoms with Gasteiger partial charge in [0.1, 0.15) is 0 Å². The van der Waals surface area contributed by atoms with Gasteiger partial charge in [-0.25, -0.2) is 0 Å². The fourth-order valence-corrected chi connectivity index (χ4v) is 0.202. The topological polar surface area (TPSA) is 43.4 Å². The number of carbonyl (C=O) groups is 2. The van der Waals surface area contributed by atoms with E-state index < -0.39 is 11.9 Å². The zero-order valence-corrected chi connectivity index (χ0v) is 10.1. The standard InChI is InChI=1S/C4H6O3.Ca.Na.3H/c1-3(5)7-4(2)6;;;;;/h1-2H3;;;;;/q;+2;+1;3*-1. The van der Waals surface area contributed by atoms with Crippen molar-refractivity contribution < 1.29 is 48.2 Å². The van der Waals surface area contributed by atoms with Crippen LogP contribution in [0.15, 0.2) is 0 Å². The first-order valence-electron chi connectivity index (χ1n) is 1.82. The van der Waals surface area contributed by atoms with Crippen molar-refractivity contribution in [2.24, 2.45) is 0 Å². The molecule has 0 N–H and O–H groups in total. The quantitative estimate of drug-likeness (QED) is 0.221. The van der Waals surface area contributed by atoms with Gasteiger partial charge in [-0.15, -0.1) is 0 Å². The fourth-order valence-electron chi connectivity index (χ4n) is 0.202. The van der Waals surface area contributed by atoms with Gasteiger partial charge >= 0.3 is 79.2 Å². The molecular formula is C4H9CaNaO3. The summed E-state index contributed by atoms with van der Waals surface area (Å²) < 4.78 is 3.97. The van der Waals surface area contributed by atoms with Crippen LogP contribution in [0.1, 0.15) is 18.1 Å². The summed E-state index contributed by atoms with van der Waals surface area (Å²) in [6.45, 7) is 2.36. The van der Waals surface area contributed by atoms with Crippen molar-refractivity contribution in [2.75, 3.05) is 0 Å². The van der Waals surface area contributed by atoms with Gasteiger partial charge in [0.2, 0.25) is 0 Å². The average Bonchev–Trinajstić information content (AvgIpc) is 1.27. The van der Waals surface area contributed by atoms with Gasteiger partial charge in [0.05, 0.1) is 0 Å². The smallest absolute Gasteiger partial charge is 1.00 e. The first-order valence-corrected chi connectivity index (χ1v) is 1.82. The SMILES string of the molecule is CC(=O)OC(C)=O.[Ca+2].[H-].[H-].[H-].[Na+]. The van der Waals surface area contributed by atoms with Gasteiger partial charge in [0.25, 0.3) is 0 Å². The minimum atomic E-state index is -0.562. The van der Waals surface area contributed by atoms with Gasteiger partial charge < -0.3 is 9.02 Å². The third-order valence-corrected chi connectivity index (χ3v) is 0.287. The summed E-state index contributed by atoms with van der Waals surface area (Å²) in [5.41, 5.74) is 0. The Labute approximate surface area is 110 Å². The molecule has 0 aromatic heterocycles. The van der Waals surface area contributed by atoms with Crippen LogP contribution in [0.5, 0.6) is 0 Å². The predicted octanol–water partition coefficient (Wildman–Crippen LogP) is -2.94. The van der Waals surface area contributed by atoms with Crippen molar-refractivity contribution in [2.45, 2.75) is 13.8 Å². The zero-order valence-electron chi connectivity index (χ0n) is 8.93. The van der Waals surface area contributed by atoms with Crippen LogP contribution in [0, 0.1) is 0 Å². The third kappa shape index (κ3) is 17.7. The summed E-state index contributed by atoms with van der Waals surface area (Å²) in [4.78, 5) is 19.6. The van der Waals surface area contributed by atoms with Crippen molar-refractivity contribution in [3.8, 4) is 0 Å². The second-order valence-corrected chi connectivity index (χ2v) is 1.09. The number of hydrogen-bond donors (Lipinski definition) is 0. The second-order valence-electron chi connectivity index (χ2n) is 1.09. The van der Waals surface area contributed by atoms with Crippen LogP contribution in [0.4, 0.5) is 0 Å².